The SMILES string of the molecule is CN(C)[C@H]1CCOC2(CCN(C(=O)[C@@H]3CCOC3)CC2)C1. The molecule has 0 bridgehead atoms. The lowest BCUT2D eigenvalue weighted by atomic mass is 9.81. The highest BCUT2D eigenvalue weighted by atomic mass is 16.5. The van der Waals surface area contributed by atoms with E-state index >= 15 is 0 Å². The van der Waals surface area contributed by atoms with Crippen LogP contribution in [0.15, 0.2) is 0 Å². The number of carbonyl (C=O) groups is 1. The second kappa shape index (κ2) is 6.23. The second-order valence-corrected chi connectivity index (χ2v) is 7.03. The summed E-state index contributed by atoms with van der Waals surface area (Å²) in [6, 6.07) is 0.615. The highest BCUT2D eigenvalue weighted by molar-refractivity contribution is 5.79. The molecular weight excluding hydrogens is 268 g/mol. The molecule has 2 atom stereocenters. The third-order valence-corrected chi connectivity index (χ3v) is 5.46. The first-order valence-corrected chi connectivity index (χ1v) is 8.27. The smallest absolute Gasteiger partial charge is 0.228 e. The van der Waals surface area contributed by atoms with E-state index in [1.54, 1.807) is 0 Å². The number of ether oxygens (including phenoxy) is 2. The van der Waals surface area contributed by atoms with Gasteiger partial charge in [0.25, 0.3) is 0 Å². The molecule has 3 saturated heterocycles. The molecule has 3 aliphatic rings. The van der Waals surface area contributed by atoms with E-state index in [9.17, 15) is 4.79 Å². The summed E-state index contributed by atoms with van der Waals surface area (Å²) in [6.07, 6.45) is 5.08. The average Bonchev–Trinajstić information content (AvgIpc) is 3.02. The van der Waals surface area contributed by atoms with Gasteiger partial charge in [-0.3, -0.25) is 4.79 Å². The zero-order chi connectivity index (χ0) is 14.9. The Morgan fingerprint density at radius 2 is 1.95 bits per heavy atom. The van der Waals surface area contributed by atoms with Crippen LogP contribution in [-0.2, 0) is 14.3 Å². The number of rotatable bonds is 2. The molecule has 1 spiro atoms. The van der Waals surface area contributed by atoms with E-state index in [4.69, 9.17) is 9.47 Å². The van der Waals surface area contributed by atoms with E-state index in [1.165, 1.54) is 0 Å². The summed E-state index contributed by atoms with van der Waals surface area (Å²) < 4.78 is 11.5. The van der Waals surface area contributed by atoms with Crippen LogP contribution in [0.25, 0.3) is 0 Å². The summed E-state index contributed by atoms with van der Waals surface area (Å²) in [5.41, 5.74) is 0.0101. The lowest BCUT2D eigenvalue weighted by Gasteiger charge is -2.47. The molecule has 0 saturated carbocycles. The average molecular weight is 296 g/mol. The first kappa shape index (κ1) is 15.3. The lowest BCUT2D eigenvalue weighted by molar-refractivity contribution is -0.150. The van der Waals surface area contributed by atoms with E-state index in [-0.39, 0.29) is 11.5 Å². The molecule has 0 radical (unpaired) electrons. The molecule has 5 heteroatoms. The van der Waals surface area contributed by atoms with Gasteiger partial charge >= 0.3 is 0 Å². The highest BCUT2D eigenvalue weighted by Gasteiger charge is 2.42. The normalized spacial score (nSPS) is 32.8. The summed E-state index contributed by atoms with van der Waals surface area (Å²) in [7, 11) is 4.31. The van der Waals surface area contributed by atoms with Crippen LogP contribution in [0, 0.1) is 5.92 Å². The largest absolute Gasteiger partial charge is 0.381 e. The summed E-state index contributed by atoms with van der Waals surface area (Å²) in [5.74, 6) is 0.392. The summed E-state index contributed by atoms with van der Waals surface area (Å²) in [4.78, 5) is 16.8. The Hall–Kier alpha value is -0.650. The van der Waals surface area contributed by atoms with Crippen molar-refractivity contribution in [2.24, 2.45) is 5.92 Å². The quantitative estimate of drug-likeness (QED) is 0.766. The van der Waals surface area contributed by atoms with E-state index in [0.717, 1.165) is 58.4 Å². The van der Waals surface area contributed by atoms with Gasteiger partial charge in [-0.2, -0.15) is 0 Å². The lowest BCUT2D eigenvalue weighted by Crippen LogP contribution is -2.54. The van der Waals surface area contributed by atoms with Crippen LogP contribution in [0.5, 0.6) is 0 Å². The minimum atomic E-state index is 0.0101. The molecule has 0 aliphatic carbocycles. The van der Waals surface area contributed by atoms with E-state index in [1.807, 2.05) is 4.90 Å². The topological polar surface area (TPSA) is 42.0 Å². The maximum atomic E-state index is 12.4. The van der Waals surface area contributed by atoms with E-state index in [0.29, 0.717) is 18.6 Å². The van der Waals surface area contributed by atoms with Gasteiger partial charge in [0.1, 0.15) is 0 Å². The number of piperidine rings is 1. The number of carbonyl (C=O) groups excluding carboxylic acids is 1. The minimum Gasteiger partial charge on any atom is -0.381 e. The van der Waals surface area contributed by atoms with Gasteiger partial charge in [-0.1, -0.05) is 0 Å². The van der Waals surface area contributed by atoms with Crippen LogP contribution in [0.1, 0.15) is 32.1 Å². The Morgan fingerprint density at radius 3 is 2.57 bits per heavy atom. The molecular formula is C16H28N2O3. The van der Waals surface area contributed by atoms with E-state index < -0.39 is 0 Å². The molecule has 0 aromatic heterocycles. The van der Waals surface area contributed by atoms with E-state index in [2.05, 4.69) is 19.0 Å². The third-order valence-electron chi connectivity index (χ3n) is 5.46. The van der Waals surface area contributed by atoms with Crippen LogP contribution in [0.2, 0.25) is 0 Å². The maximum Gasteiger partial charge on any atom is 0.228 e. The molecule has 1 amide bonds. The second-order valence-electron chi connectivity index (χ2n) is 7.03. The number of nitrogens with zero attached hydrogens (tertiary/aromatic N) is 2. The number of likely N-dealkylation sites (tertiary alicyclic amines) is 1. The van der Waals surface area contributed by atoms with Crippen molar-refractivity contribution < 1.29 is 14.3 Å². The Balaban J connectivity index is 1.55. The highest BCUT2D eigenvalue weighted by Crippen LogP contribution is 2.36. The molecule has 3 aliphatic heterocycles. The molecule has 3 heterocycles. The van der Waals surface area contributed by atoms with Gasteiger partial charge in [0.2, 0.25) is 5.91 Å². The molecule has 0 N–H and O–H groups in total. The summed E-state index contributed by atoms with van der Waals surface area (Å²) in [6.45, 7) is 3.89. The molecule has 0 aromatic carbocycles. The fourth-order valence-electron chi connectivity index (χ4n) is 3.91. The van der Waals surface area contributed by atoms with Crippen LogP contribution in [-0.4, -0.2) is 74.4 Å². The predicted molar refractivity (Wildman–Crippen MR) is 80.1 cm³/mol. The molecule has 3 fully saturated rings. The first-order chi connectivity index (χ1) is 10.1. The van der Waals surface area contributed by atoms with Crippen LogP contribution >= 0.6 is 0 Å². The van der Waals surface area contributed by atoms with Gasteiger partial charge < -0.3 is 19.3 Å². The maximum absolute atomic E-state index is 12.4. The van der Waals surface area contributed by atoms with Crippen LogP contribution in [0.4, 0.5) is 0 Å². The molecule has 0 aromatic rings. The predicted octanol–water partition coefficient (Wildman–Crippen LogP) is 1.12. The van der Waals surface area contributed by atoms with Crippen LogP contribution < -0.4 is 0 Å². The van der Waals surface area contributed by atoms with Crippen molar-refractivity contribution in [2.45, 2.75) is 43.7 Å². The van der Waals surface area contributed by atoms with Crippen molar-refractivity contribution in [1.82, 2.24) is 9.80 Å². The fourth-order valence-corrected chi connectivity index (χ4v) is 3.91. The van der Waals surface area contributed by atoms with Gasteiger partial charge in [-0.15, -0.1) is 0 Å². The monoisotopic (exact) mass is 296 g/mol. The van der Waals surface area contributed by atoms with Crippen LogP contribution in [0.3, 0.4) is 0 Å². The first-order valence-electron chi connectivity index (χ1n) is 8.27. The van der Waals surface area contributed by atoms with Gasteiger partial charge in [-0.25, -0.2) is 0 Å². The number of hydrogen-bond acceptors (Lipinski definition) is 4. The third kappa shape index (κ3) is 3.25. The van der Waals surface area contributed by atoms with Crippen molar-refractivity contribution in [3.63, 3.8) is 0 Å². The van der Waals surface area contributed by atoms with Crippen molar-refractivity contribution in [2.75, 3.05) is 47.0 Å². The van der Waals surface area contributed by atoms with Crippen molar-refractivity contribution in [3.8, 4) is 0 Å². The Bertz CT molecular complexity index is 372. The van der Waals surface area contributed by atoms with Crippen molar-refractivity contribution in [3.05, 3.63) is 0 Å². The molecule has 5 nitrogen and oxygen atoms in total. The molecule has 120 valence electrons. The zero-order valence-electron chi connectivity index (χ0n) is 13.3. The Labute approximate surface area is 127 Å². The molecule has 21 heavy (non-hydrogen) atoms. The standard InChI is InChI=1S/C16H28N2O3/c1-17(2)14-4-10-21-16(11-14)5-7-18(8-6-16)15(19)13-3-9-20-12-13/h13-14H,3-12H2,1-2H3/t13-,14+/m1/s1. The number of hydrogen-bond donors (Lipinski definition) is 0. The summed E-state index contributed by atoms with van der Waals surface area (Å²) in [5, 5.41) is 0. The summed E-state index contributed by atoms with van der Waals surface area (Å²) >= 11 is 0. The van der Waals surface area contributed by atoms with Gasteiger partial charge in [0.05, 0.1) is 18.1 Å². The van der Waals surface area contributed by atoms with Gasteiger partial charge in [-0.05, 0) is 46.2 Å². The molecule has 3 rings (SSSR count). The van der Waals surface area contributed by atoms with Gasteiger partial charge in [0.15, 0.2) is 0 Å². The molecule has 0 unspecified atom stereocenters. The zero-order valence-corrected chi connectivity index (χ0v) is 13.3. The Kier molecular flexibility index (Phi) is 4.52. The minimum absolute atomic E-state index is 0.0101. The van der Waals surface area contributed by atoms with Crippen molar-refractivity contribution >= 4 is 5.91 Å². The number of amides is 1. The fraction of sp³-hybridized carbons (Fsp3) is 0.938. The van der Waals surface area contributed by atoms with Gasteiger partial charge in [0, 0.05) is 32.3 Å². The van der Waals surface area contributed by atoms with Crippen molar-refractivity contribution in [1.29, 1.82) is 0 Å². The Morgan fingerprint density at radius 1 is 1.19 bits per heavy atom.